The highest BCUT2D eigenvalue weighted by atomic mass is 16.4. The number of hydrogen-bond acceptors (Lipinski definition) is 3. The minimum atomic E-state index is -0.909. The van der Waals surface area contributed by atoms with E-state index < -0.39 is 5.97 Å². The first kappa shape index (κ1) is 12.8. The van der Waals surface area contributed by atoms with E-state index in [1.54, 1.807) is 24.3 Å². The normalized spacial score (nSPS) is 18.1. The molecule has 0 saturated carbocycles. The van der Waals surface area contributed by atoms with Gasteiger partial charge in [-0.1, -0.05) is 18.2 Å². The Morgan fingerprint density at radius 1 is 1.20 bits per heavy atom. The number of pyridine rings is 1. The van der Waals surface area contributed by atoms with Gasteiger partial charge in [0.2, 0.25) is 0 Å². The number of benzene rings is 1. The van der Waals surface area contributed by atoms with Gasteiger partial charge in [-0.15, -0.1) is 0 Å². The second kappa shape index (κ2) is 5.43. The summed E-state index contributed by atoms with van der Waals surface area (Å²) in [6, 6.07) is 13.2. The van der Waals surface area contributed by atoms with Crippen LogP contribution in [-0.2, 0) is 0 Å². The van der Waals surface area contributed by atoms with Gasteiger partial charge in [0.05, 0.1) is 17.0 Å². The average Bonchev–Trinajstić information content (AvgIpc) is 3.02. The maximum absolute atomic E-state index is 10.9. The Labute approximate surface area is 117 Å². The smallest absolute Gasteiger partial charge is 0.335 e. The topological polar surface area (TPSA) is 62.2 Å². The fraction of sp³-hybridized carbons (Fsp3) is 0.250. The Morgan fingerprint density at radius 2 is 2.00 bits per heavy atom. The van der Waals surface area contributed by atoms with Gasteiger partial charge in [0.25, 0.3) is 0 Å². The van der Waals surface area contributed by atoms with Gasteiger partial charge in [0, 0.05) is 11.6 Å². The third-order valence-corrected chi connectivity index (χ3v) is 3.62. The highest BCUT2D eigenvalue weighted by molar-refractivity contribution is 5.88. The first-order valence-electron chi connectivity index (χ1n) is 6.78. The molecule has 0 bridgehead atoms. The van der Waals surface area contributed by atoms with Gasteiger partial charge in [0.15, 0.2) is 0 Å². The van der Waals surface area contributed by atoms with E-state index in [-0.39, 0.29) is 0 Å². The summed E-state index contributed by atoms with van der Waals surface area (Å²) in [4.78, 5) is 15.5. The Bertz CT molecular complexity index is 617. The summed E-state index contributed by atoms with van der Waals surface area (Å²) in [6.07, 6.45) is 2.30. The monoisotopic (exact) mass is 268 g/mol. The van der Waals surface area contributed by atoms with Gasteiger partial charge in [-0.3, -0.25) is 4.98 Å². The van der Waals surface area contributed by atoms with Crippen LogP contribution in [0.25, 0.3) is 11.3 Å². The van der Waals surface area contributed by atoms with Gasteiger partial charge in [-0.2, -0.15) is 0 Å². The molecular weight excluding hydrogens is 252 g/mol. The summed E-state index contributed by atoms with van der Waals surface area (Å²) in [7, 11) is 0. The van der Waals surface area contributed by atoms with E-state index in [1.807, 2.05) is 18.2 Å². The number of carboxylic acids is 1. The van der Waals surface area contributed by atoms with E-state index in [4.69, 9.17) is 5.11 Å². The minimum absolute atomic E-state index is 0.294. The second-order valence-electron chi connectivity index (χ2n) is 4.98. The Kier molecular flexibility index (Phi) is 3.48. The molecule has 1 unspecified atom stereocenters. The molecule has 20 heavy (non-hydrogen) atoms. The summed E-state index contributed by atoms with van der Waals surface area (Å²) in [6.45, 7) is 1.05. The first-order chi connectivity index (χ1) is 9.74. The lowest BCUT2D eigenvalue weighted by molar-refractivity contribution is 0.0697. The summed E-state index contributed by atoms with van der Waals surface area (Å²) in [5, 5.41) is 12.3. The number of aromatic carboxylic acids is 1. The number of carboxylic acid groups (broad SMARTS) is 1. The zero-order chi connectivity index (χ0) is 13.9. The van der Waals surface area contributed by atoms with E-state index in [2.05, 4.69) is 10.3 Å². The van der Waals surface area contributed by atoms with E-state index in [0.29, 0.717) is 11.6 Å². The number of hydrogen-bond donors (Lipinski definition) is 2. The van der Waals surface area contributed by atoms with Crippen LogP contribution in [0.1, 0.15) is 34.9 Å². The molecule has 4 nitrogen and oxygen atoms in total. The molecule has 0 spiro atoms. The van der Waals surface area contributed by atoms with Crippen LogP contribution in [0.2, 0.25) is 0 Å². The highest BCUT2D eigenvalue weighted by Gasteiger charge is 2.17. The lowest BCUT2D eigenvalue weighted by Crippen LogP contribution is -2.14. The van der Waals surface area contributed by atoms with Gasteiger partial charge < -0.3 is 10.4 Å². The fourth-order valence-electron chi connectivity index (χ4n) is 2.53. The molecule has 1 aromatic carbocycles. The molecule has 102 valence electrons. The van der Waals surface area contributed by atoms with Crippen molar-refractivity contribution >= 4 is 5.97 Å². The summed E-state index contributed by atoms with van der Waals surface area (Å²) < 4.78 is 0. The molecule has 0 aliphatic carbocycles. The molecule has 0 amide bonds. The first-order valence-corrected chi connectivity index (χ1v) is 6.78. The number of nitrogens with zero attached hydrogens (tertiary/aromatic N) is 1. The fourth-order valence-corrected chi connectivity index (χ4v) is 2.53. The SMILES string of the molecule is O=C(O)c1ccc(-c2cccc(C3CCCN3)n2)cc1. The van der Waals surface area contributed by atoms with Gasteiger partial charge >= 0.3 is 5.97 Å². The standard InChI is InChI=1S/C16H16N2O2/c19-16(20)12-8-6-11(7-9-12)13-3-1-4-15(18-13)14-5-2-10-17-14/h1,3-4,6-9,14,17H,2,5,10H2,(H,19,20). The third-order valence-electron chi connectivity index (χ3n) is 3.62. The molecule has 1 saturated heterocycles. The molecule has 1 atom stereocenters. The molecule has 1 fully saturated rings. The largest absolute Gasteiger partial charge is 0.478 e. The summed E-state index contributed by atoms with van der Waals surface area (Å²) in [5.41, 5.74) is 3.17. The van der Waals surface area contributed by atoms with Crippen LogP contribution in [0.3, 0.4) is 0 Å². The van der Waals surface area contributed by atoms with Crippen molar-refractivity contribution in [3.05, 3.63) is 53.7 Å². The van der Waals surface area contributed by atoms with E-state index in [9.17, 15) is 4.79 Å². The molecule has 2 aromatic rings. The molecule has 2 N–H and O–H groups in total. The van der Waals surface area contributed by atoms with E-state index in [0.717, 1.165) is 29.9 Å². The predicted molar refractivity (Wildman–Crippen MR) is 76.6 cm³/mol. The van der Waals surface area contributed by atoms with Crippen LogP contribution < -0.4 is 5.32 Å². The van der Waals surface area contributed by atoms with E-state index >= 15 is 0 Å². The van der Waals surface area contributed by atoms with Crippen LogP contribution >= 0.6 is 0 Å². The lowest BCUT2D eigenvalue weighted by atomic mass is 10.1. The molecule has 1 aliphatic heterocycles. The van der Waals surface area contributed by atoms with Crippen LogP contribution in [0.4, 0.5) is 0 Å². The van der Waals surface area contributed by atoms with Crippen molar-refractivity contribution < 1.29 is 9.90 Å². The number of rotatable bonds is 3. The summed E-state index contributed by atoms with van der Waals surface area (Å²) >= 11 is 0. The summed E-state index contributed by atoms with van der Waals surface area (Å²) in [5.74, 6) is -0.909. The maximum atomic E-state index is 10.9. The van der Waals surface area contributed by atoms with Crippen LogP contribution in [-0.4, -0.2) is 22.6 Å². The third kappa shape index (κ3) is 2.56. The Morgan fingerprint density at radius 3 is 2.65 bits per heavy atom. The van der Waals surface area contributed by atoms with Crippen LogP contribution in [0.5, 0.6) is 0 Å². The average molecular weight is 268 g/mol. The van der Waals surface area contributed by atoms with Gasteiger partial charge in [-0.25, -0.2) is 4.79 Å². The quantitative estimate of drug-likeness (QED) is 0.898. The van der Waals surface area contributed by atoms with Gasteiger partial charge in [0.1, 0.15) is 0 Å². The van der Waals surface area contributed by atoms with E-state index in [1.165, 1.54) is 6.42 Å². The zero-order valence-electron chi connectivity index (χ0n) is 11.0. The Balaban J connectivity index is 1.89. The van der Waals surface area contributed by atoms with Crippen molar-refractivity contribution in [2.24, 2.45) is 0 Å². The molecule has 4 heteroatoms. The number of aromatic nitrogens is 1. The van der Waals surface area contributed by atoms with Crippen molar-refractivity contribution in [2.45, 2.75) is 18.9 Å². The zero-order valence-corrected chi connectivity index (χ0v) is 11.0. The lowest BCUT2D eigenvalue weighted by Gasteiger charge is -2.11. The molecule has 1 aromatic heterocycles. The highest BCUT2D eigenvalue weighted by Crippen LogP contribution is 2.24. The van der Waals surface area contributed by atoms with Crippen molar-refractivity contribution in [1.29, 1.82) is 0 Å². The molecule has 3 rings (SSSR count). The van der Waals surface area contributed by atoms with Gasteiger partial charge in [-0.05, 0) is 43.7 Å². The van der Waals surface area contributed by atoms with Crippen molar-refractivity contribution in [1.82, 2.24) is 10.3 Å². The molecule has 0 radical (unpaired) electrons. The maximum Gasteiger partial charge on any atom is 0.335 e. The molecule has 1 aliphatic rings. The minimum Gasteiger partial charge on any atom is -0.478 e. The Hall–Kier alpha value is -2.20. The number of nitrogens with one attached hydrogen (secondary N) is 1. The van der Waals surface area contributed by atoms with Crippen molar-refractivity contribution in [2.75, 3.05) is 6.54 Å². The van der Waals surface area contributed by atoms with Crippen LogP contribution in [0, 0.1) is 0 Å². The molecular formula is C16H16N2O2. The molecule has 2 heterocycles. The number of carbonyl (C=O) groups is 1. The van der Waals surface area contributed by atoms with Crippen molar-refractivity contribution in [3.63, 3.8) is 0 Å². The van der Waals surface area contributed by atoms with Crippen molar-refractivity contribution in [3.8, 4) is 11.3 Å². The second-order valence-corrected chi connectivity index (χ2v) is 4.98. The van der Waals surface area contributed by atoms with Crippen LogP contribution in [0.15, 0.2) is 42.5 Å². The predicted octanol–water partition coefficient (Wildman–Crippen LogP) is 2.87.